The summed E-state index contributed by atoms with van der Waals surface area (Å²) in [6.07, 6.45) is 0.623. The standard InChI is InChI=1S/C21H16N2O/c24-23-20-14-8-7-13-18(20)22-19(15-16-9-3-1-4-10-16)21(23)17-11-5-2-6-12-17/h1-14H,15H2. The normalized spacial score (nSPS) is 10.8. The molecule has 3 aromatic carbocycles. The van der Waals surface area contributed by atoms with Crippen LogP contribution in [-0.2, 0) is 6.42 Å². The fourth-order valence-electron chi connectivity index (χ4n) is 2.96. The molecule has 0 unspecified atom stereocenters. The number of benzene rings is 3. The van der Waals surface area contributed by atoms with E-state index in [0.29, 0.717) is 17.6 Å². The highest BCUT2D eigenvalue weighted by Crippen LogP contribution is 2.23. The smallest absolute Gasteiger partial charge is 0.246 e. The number of hydrogen-bond acceptors (Lipinski definition) is 2. The lowest BCUT2D eigenvalue weighted by Crippen LogP contribution is -2.32. The van der Waals surface area contributed by atoms with Crippen molar-refractivity contribution in [2.24, 2.45) is 0 Å². The SMILES string of the molecule is [O-][n+]1c(-c2ccccc2)c(Cc2ccccc2)nc2ccccc21. The van der Waals surface area contributed by atoms with Gasteiger partial charge in [-0.15, -0.1) is 0 Å². The second kappa shape index (κ2) is 6.13. The van der Waals surface area contributed by atoms with E-state index in [9.17, 15) is 5.21 Å². The Kier molecular flexibility index (Phi) is 3.67. The average molecular weight is 312 g/mol. The highest BCUT2D eigenvalue weighted by Gasteiger charge is 2.20. The van der Waals surface area contributed by atoms with Crippen LogP contribution in [0, 0.1) is 5.21 Å². The van der Waals surface area contributed by atoms with Gasteiger partial charge in [-0.05, 0) is 23.8 Å². The monoisotopic (exact) mass is 312 g/mol. The Labute approximate surface area is 140 Å². The molecule has 0 N–H and O–H groups in total. The Morgan fingerprint density at radius 2 is 1.38 bits per heavy atom. The van der Waals surface area contributed by atoms with Gasteiger partial charge in [0, 0.05) is 18.1 Å². The molecule has 0 aliphatic heterocycles. The Bertz CT molecular complexity index is 983. The summed E-state index contributed by atoms with van der Waals surface area (Å²) in [5, 5.41) is 13.0. The topological polar surface area (TPSA) is 39.8 Å². The molecule has 24 heavy (non-hydrogen) atoms. The fourth-order valence-corrected chi connectivity index (χ4v) is 2.96. The highest BCUT2D eigenvalue weighted by molar-refractivity contribution is 5.74. The number of hydrogen-bond donors (Lipinski definition) is 0. The van der Waals surface area contributed by atoms with Gasteiger partial charge in [-0.3, -0.25) is 0 Å². The van der Waals surface area contributed by atoms with Gasteiger partial charge in [0.2, 0.25) is 11.2 Å². The molecule has 3 heteroatoms. The lowest BCUT2D eigenvalue weighted by atomic mass is 10.0. The number of rotatable bonds is 3. The summed E-state index contributed by atoms with van der Waals surface area (Å²) >= 11 is 0. The van der Waals surface area contributed by atoms with Crippen LogP contribution in [0.1, 0.15) is 11.3 Å². The van der Waals surface area contributed by atoms with E-state index in [1.54, 1.807) is 0 Å². The first-order chi connectivity index (χ1) is 11.8. The van der Waals surface area contributed by atoms with Gasteiger partial charge in [-0.25, -0.2) is 4.98 Å². The van der Waals surface area contributed by atoms with E-state index in [-0.39, 0.29) is 0 Å². The van der Waals surface area contributed by atoms with Crippen LogP contribution in [0.15, 0.2) is 84.9 Å². The van der Waals surface area contributed by atoms with Crippen molar-refractivity contribution < 1.29 is 4.73 Å². The van der Waals surface area contributed by atoms with Crippen LogP contribution in [0.3, 0.4) is 0 Å². The van der Waals surface area contributed by atoms with E-state index in [4.69, 9.17) is 4.98 Å². The Morgan fingerprint density at radius 1 is 0.750 bits per heavy atom. The lowest BCUT2D eigenvalue weighted by Gasteiger charge is -2.12. The quantitative estimate of drug-likeness (QED) is 0.421. The maximum atomic E-state index is 13.0. The number of aromatic nitrogens is 2. The van der Waals surface area contributed by atoms with Gasteiger partial charge in [0.15, 0.2) is 0 Å². The molecule has 1 aromatic heterocycles. The van der Waals surface area contributed by atoms with Crippen molar-refractivity contribution in [3.8, 4) is 11.3 Å². The highest BCUT2D eigenvalue weighted by atomic mass is 16.5. The van der Waals surface area contributed by atoms with Crippen molar-refractivity contribution in [1.29, 1.82) is 0 Å². The van der Waals surface area contributed by atoms with Crippen molar-refractivity contribution in [3.05, 3.63) is 101 Å². The molecule has 4 aromatic rings. The molecule has 0 radical (unpaired) electrons. The molecule has 1 heterocycles. The first-order valence-electron chi connectivity index (χ1n) is 7.93. The molecule has 3 nitrogen and oxygen atoms in total. The van der Waals surface area contributed by atoms with Crippen LogP contribution in [0.2, 0.25) is 0 Å². The minimum Gasteiger partial charge on any atom is -0.618 e. The van der Waals surface area contributed by atoms with Crippen LogP contribution in [0.4, 0.5) is 0 Å². The van der Waals surface area contributed by atoms with Crippen LogP contribution < -0.4 is 4.73 Å². The summed E-state index contributed by atoms with van der Waals surface area (Å²) in [7, 11) is 0. The Morgan fingerprint density at radius 3 is 2.12 bits per heavy atom. The molecular weight excluding hydrogens is 296 g/mol. The maximum absolute atomic E-state index is 13.0. The summed E-state index contributed by atoms with van der Waals surface area (Å²) < 4.78 is 1.01. The van der Waals surface area contributed by atoms with Gasteiger partial charge < -0.3 is 5.21 Å². The first-order valence-corrected chi connectivity index (χ1v) is 7.93. The largest absolute Gasteiger partial charge is 0.618 e. The zero-order valence-electron chi connectivity index (χ0n) is 13.1. The molecular formula is C21H16N2O. The number of fused-ring (bicyclic) bond motifs is 1. The van der Waals surface area contributed by atoms with E-state index < -0.39 is 0 Å². The first kappa shape index (κ1) is 14.4. The molecule has 0 atom stereocenters. The Hall–Kier alpha value is -3.20. The van der Waals surface area contributed by atoms with Gasteiger partial charge in [0.1, 0.15) is 11.2 Å². The van der Waals surface area contributed by atoms with E-state index in [2.05, 4.69) is 12.1 Å². The number of nitrogens with zero attached hydrogens (tertiary/aromatic N) is 2. The molecule has 0 fully saturated rings. The molecule has 0 saturated heterocycles. The molecule has 0 spiro atoms. The lowest BCUT2D eigenvalue weighted by molar-refractivity contribution is -0.565. The average Bonchev–Trinajstić information content (AvgIpc) is 2.64. The Balaban J connectivity index is 1.96. The van der Waals surface area contributed by atoms with Crippen molar-refractivity contribution in [1.82, 2.24) is 4.98 Å². The third-order valence-electron chi connectivity index (χ3n) is 4.09. The van der Waals surface area contributed by atoms with Crippen molar-refractivity contribution in [2.45, 2.75) is 6.42 Å². The van der Waals surface area contributed by atoms with Crippen molar-refractivity contribution in [3.63, 3.8) is 0 Å². The summed E-state index contributed by atoms with van der Waals surface area (Å²) in [6.45, 7) is 0. The van der Waals surface area contributed by atoms with E-state index in [1.165, 1.54) is 0 Å². The molecule has 0 bridgehead atoms. The van der Waals surface area contributed by atoms with E-state index >= 15 is 0 Å². The minimum atomic E-state index is 0.591. The summed E-state index contributed by atoms with van der Waals surface area (Å²) in [5.74, 6) is 0. The van der Waals surface area contributed by atoms with Crippen LogP contribution in [0.5, 0.6) is 0 Å². The third-order valence-corrected chi connectivity index (χ3v) is 4.09. The van der Waals surface area contributed by atoms with Gasteiger partial charge in [0.05, 0.1) is 0 Å². The van der Waals surface area contributed by atoms with E-state index in [1.807, 2.05) is 72.8 Å². The predicted molar refractivity (Wildman–Crippen MR) is 95.4 cm³/mol. The summed E-state index contributed by atoms with van der Waals surface area (Å²) in [6, 6.07) is 27.3. The van der Waals surface area contributed by atoms with Crippen LogP contribution >= 0.6 is 0 Å². The van der Waals surface area contributed by atoms with Gasteiger partial charge in [0.25, 0.3) is 0 Å². The van der Waals surface area contributed by atoms with Crippen LogP contribution in [-0.4, -0.2) is 4.98 Å². The third kappa shape index (κ3) is 2.61. The second-order valence-corrected chi connectivity index (χ2v) is 5.72. The zero-order valence-corrected chi connectivity index (χ0v) is 13.1. The van der Waals surface area contributed by atoms with Crippen molar-refractivity contribution >= 4 is 11.0 Å². The number of para-hydroxylation sites is 2. The minimum absolute atomic E-state index is 0.591. The van der Waals surface area contributed by atoms with Crippen LogP contribution in [0.25, 0.3) is 22.3 Å². The van der Waals surface area contributed by atoms with Crippen molar-refractivity contribution in [2.75, 3.05) is 0 Å². The molecule has 4 rings (SSSR count). The summed E-state index contributed by atoms with van der Waals surface area (Å²) in [5.41, 5.74) is 4.75. The molecule has 0 amide bonds. The predicted octanol–water partition coefficient (Wildman–Crippen LogP) is 4.13. The van der Waals surface area contributed by atoms with Gasteiger partial charge >= 0.3 is 0 Å². The molecule has 0 aliphatic carbocycles. The second-order valence-electron chi connectivity index (χ2n) is 5.72. The maximum Gasteiger partial charge on any atom is 0.246 e. The molecule has 0 aliphatic rings. The molecule has 0 saturated carbocycles. The summed E-state index contributed by atoms with van der Waals surface area (Å²) in [4.78, 5) is 4.79. The van der Waals surface area contributed by atoms with E-state index in [0.717, 1.165) is 27.1 Å². The fraction of sp³-hybridized carbons (Fsp3) is 0.0476. The van der Waals surface area contributed by atoms with Gasteiger partial charge in [-0.2, -0.15) is 4.73 Å². The van der Waals surface area contributed by atoms with Gasteiger partial charge in [-0.1, -0.05) is 60.7 Å². The molecule has 116 valence electrons. The zero-order chi connectivity index (χ0) is 16.4.